The molecular weight excluding hydrogens is 218 g/mol. The zero-order chi connectivity index (χ0) is 12.7. The fourth-order valence-electron chi connectivity index (χ4n) is 1.40. The van der Waals surface area contributed by atoms with Gasteiger partial charge in [-0.2, -0.15) is 4.98 Å². The number of rotatable bonds is 7. The first-order chi connectivity index (χ1) is 8.15. The minimum atomic E-state index is -0.0151. The summed E-state index contributed by atoms with van der Waals surface area (Å²) in [5, 5.41) is 3.14. The number of nitrogens with zero attached hydrogens (tertiary/aromatic N) is 2. The quantitative estimate of drug-likeness (QED) is 0.789. The van der Waals surface area contributed by atoms with Crippen molar-refractivity contribution in [3.05, 3.63) is 11.9 Å². The lowest BCUT2D eigenvalue weighted by molar-refractivity contribution is 0.0632. The lowest BCUT2D eigenvalue weighted by Crippen LogP contribution is -2.20. The summed E-state index contributed by atoms with van der Waals surface area (Å²) in [6.45, 7) is 9.88. The van der Waals surface area contributed by atoms with Crippen LogP contribution in [0.4, 0.5) is 5.82 Å². The Hall–Kier alpha value is -1.36. The number of anilines is 1. The van der Waals surface area contributed by atoms with Gasteiger partial charge in [0.2, 0.25) is 5.88 Å². The molecule has 0 saturated carbocycles. The van der Waals surface area contributed by atoms with Crippen molar-refractivity contribution >= 4 is 5.82 Å². The van der Waals surface area contributed by atoms with Crippen molar-refractivity contribution in [2.45, 2.75) is 33.8 Å². The van der Waals surface area contributed by atoms with Gasteiger partial charge >= 0.3 is 0 Å². The molecule has 0 saturated heterocycles. The van der Waals surface area contributed by atoms with E-state index in [9.17, 15) is 0 Å². The predicted octanol–water partition coefficient (Wildman–Crippen LogP) is 2.02. The molecule has 0 radical (unpaired) electrons. The van der Waals surface area contributed by atoms with Crippen molar-refractivity contribution in [3.63, 3.8) is 0 Å². The van der Waals surface area contributed by atoms with Crippen LogP contribution in [-0.2, 0) is 4.74 Å². The molecule has 0 bridgehead atoms. The first kappa shape index (κ1) is 13.7. The zero-order valence-corrected chi connectivity index (χ0v) is 11.0. The molecular formula is C12H21N3O2. The van der Waals surface area contributed by atoms with Crippen molar-refractivity contribution in [2.24, 2.45) is 0 Å². The number of nitrogens with one attached hydrogen (secondary N) is 1. The van der Waals surface area contributed by atoms with E-state index in [2.05, 4.69) is 15.3 Å². The van der Waals surface area contributed by atoms with Crippen LogP contribution in [0.25, 0.3) is 0 Å². The summed E-state index contributed by atoms with van der Waals surface area (Å²) in [5.74, 6) is 2.07. The Morgan fingerprint density at radius 1 is 1.35 bits per heavy atom. The standard InChI is InChI=1S/C12H21N3O2/c1-5-13-11-7-12(15-10(4)14-11)17-9(3)8-16-6-2/h7,9H,5-6,8H2,1-4H3,(H,13,14,15). The third-order valence-electron chi connectivity index (χ3n) is 2.05. The van der Waals surface area contributed by atoms with Crippen LogP contribution >= 0.6 is 0 Å². The average molecular weight is 239 g/mol. The molecule has 5 nitrogen and oxygen atoms in total. The van der Waals surface area contributed by atoms with E-state index < -0.39 is 0 Å². The molecule has 1 heterocycles. The molecule has 0 aromatic carbocycles. The summed E-state index contributed by atoms with van der Waals surface area (Å²) in [5.41, 5.74) is 0. The summed E-state index contributed by atoms with van der Waals surface area (Å²) in [4.78, 5) is 8.49. The van der Waals surface area contributed by atoms with Crippen LogP contribution in [0.15, 0.2) is 6.07 Å². The normalized spacial score (nSPS) is 12.2. The van der Waals surface area contributed by atoms with Gasteiger partial charge in [-0.25, -0.2) is 4.98 Å². The van der Waals surface area contributed by atoms with Crippen LogP contribution in [0.3, 0.4) is 0 Å². The Kier molecular flexibility index (Phi) is 5.69. The second-order valence-corrected chi connectivity index (χ2v) is 3.76. The van der Waals surface area contributed by atoms with Gasteiger partial charge in [-0.1, -0.05) is 0 Å². The molecule has 1 N–H and O–H groups in total. The van der Waals surface area contributed by atoms with Gasteiger partial charge in [0, 0.05) is 19.2 Å². The van der Waals surface area contributed by atoms with Gasteiger partial charge in [0.05, 0.1) is 6.61 Å². The van der Waals surface area contributed by atoms with Gasteiger partial charge in [0.1, 0.15) is 17.7 Å². The Morgan fingerprint density at radius 2 is 2.12 bits per heavy atom. The van der Waals surface area contributed by atoms with Gasteiger partial charge in [0.15, 0.2) is 0 Å². The number of aromatic nitrogens is 2. The lowest BCUT2D eigenvalue weighted by atomic mass is 10.4. The Morgan fingerprint density at radius 3 is 2.76 bits per heavy atom. The molecule has 0 amide bonds. The van der Waals surface area contributed by atoms with Gasteiger partial charge < -0.3 is 14.8 Å². The molecule has 96 valence electrons. The van der Waals surface area contributed by atoms with Crippen molar-refractivity contribution in [3.8, 4) is 5.88 Å². The Balaban J connectivity index is 2.63. The second-order valence-electron chi connectivity index (χ2n) is 3.76. The largest absolute Gasteiger partial charge is 0.472 e. The van der Waals surface area contributed by atoms with E-state index in [-0.39, 0.29) is 6.10 Å². The first-order valence-electron chi connectivity index (χ1n) is 5.99. The summed E-state index contributed by atoms with van der Waals surface area (Å²) in [7, 11) is 0. The molecule has 1 rings (SSSR count). The van der Waals surface area contributed by atoms with Crippen LogP contribution in [0.5, 0.6) is 5.88 Å². The Labute approximate surface area is 103 Å². The summed E-state index contributed by atoms with van der Waals surface area (Å²) >= 11 is 0. The van der Waals surface area contributed by atoms with E-state index in [4.69, 9.17) is 9.47 Å². The third-order valence-corrected chi connectivity index (χ3v) is 2.05. The molecule has 0 aliphatic heterocycles. The maximum atomic E-state index is 5.67. The summed E-state index contributed by atoms with van der Waals surface area (Å²) in [6.07, 6.45) is -0.0151. The van der Waals surface area contributed by atoms with E-state index in [1.807, 2.05) is 27.7 Å². The Bertz CT molecular complexity index is 345. The monoisotopic (exact) mass is 239 g/mol. The van der Waals surface area contributed by atoms with E-state index in [1.165, 1.54) is 0 Å². The number of ether oxygens (including phenoxy) is 2. The molecule has 0 aliphatic carbocycles. The highest BCUT2D eigenvalue weighted by Crippen LogP contribution is 2.14. The highest BCUT2D eigenvalue weighted by molar-refractivity contribution is 5.38. The molecule has 1 atom stereocenters. The van der Waals surface area contributed by atoms with Crippen molar-refractivity contribution in [1.29, 1.82) is 0 Å². The topological polar surface area (TPSA) is 56.3 Å². The number of aryl methyl sites for hydroxylation is 1. The van der Waals surface area contributed by atoms with Crippen molar-refractivity contribution < 1.29 is 9.47 Å². The maximum absolute atomic E-state index is 5.67. The maximum Gasteiger partial charge on any atom is 0.219 e. The molecule has 1 unspecified atom stereocenters. The van der Waals surface area contributed by atoms with Gasteiger partial charge in [-0.3, -0.25) is 0 Å². The lowest BCUT2D eigenvalue weighted by Gasteiger charge is -2.14. The smallest absolute Gasteiger partial charge is 0.219 e. The fourth-order valence-corrected chi connectivity index (χ4v) is 1.40. The average Bonchev–Trinajstić information content (AvgIpc) is 2.26. The zero-order valence-electron chi connectivity index (χ0n) is 11.0. The van der Waals surface area contributed by atoms with Crippen LogP contribution in [0.1, 0.15) is 26.6 Å². The van der Waals surface area contributed by atoms with Crippen molar-refractivity contribution in [1.82, 2.24) is 9.97 Å². The van der Waals surface area contributed by atoms with E-state index in [1.54, 1.807) is 6.07 Å². The number of hydrogen-bond acceptors (Lipinski definition) is 5. The summed E-state index contributed by atoms with van der Waals surface area (Å²) < 4.78 is 11.0. The third kappa shape index (κ3) is 4.99. The second kappa shape index (κ2) is 7.06. The molecule has 5 heteroatoms. The molecule has 17 heavy (non-hydrogen) atoms. The fraction of sp³-hybridized carbons (Fsp3) is 0.667. The molecule has 1 aromatic heterocycles. The van der Waals surface area contributed by atoms with Crippen LogP contribution in [-0.4, -0.2) is 35.8 Å². The number of hydrogen-bond donors (Lipinski definition) is 1. The molecule has 0 spiro atoms. The highest BCUT2D eigenvalue weighted by atomic mass is 16.5. The van der Waals surface area contributed by atoms with E-state index in [0.29, 0.717) is 24.9 Å². The van der Waals surface area contributed by atoms with Gasteiger partial charge in [-0.15, -0.1) is 0 Å². The van der Waals surface area contributed by atoms with Crippen molar-refractivity contribution in [2.75, 3.05) is 25.1 Å². The molecule has 1 aromatic rings. The van der Waals surface area contributed by atoms with Crippen LogP contribution < -0.4 is 10.1 Å². The summed E-state index contributed by atoms with van der Waals surface area (Å²) in [6, 6.07) is 1.80. The first-order valence-corrected chi connectivity index (χ1v) is 5.99. The minimum absolute atomic E-state index is 0.0151. The van der Waals surface area contributed by atoms with Crippen LogP contribution in [0.2, 0.25) is 0 Å². The SMILES string of the molecule is CCNc1cc(OC(C)COCC)nc(C)n1. The van der Waals surface area contributed by atoms with Gasteiger partial charge in [-0.05, 0) is 27.7 Å². The van der Waals surface area contributed by atoms with E-state index >= 15 is 0 Å². The van der Waals surface area contributed by atoms with E-state index in [0.717, 1.165) is 12.4 Å². The predicted molar refractivity (Wildman–Crippen MR) is 67.5 cm³/mol. The highest BCUT2D eigenvalue weighted by Gasteiger charge is 2.07. The van der Waals surface area contributed by atoms with Crippen LogP contribution in [0, 0.1) is 6.92 Å². The van der Waals surface area contributed by atoms with Gasteiger partial charge in [0.25, 0.3) is 0 Å². The molecule has 0 fully saturated rings. The minimum Gasteiger partial charge on any atom is -0.472 e. The molecule has 0 aliphatic rings.